The van der Waals surface area contributed by atoms with Crippen LogP contribution in [-0.2, 0) is 9.84 Å². The largest absolute Gasteiger partial charge is 0.379 e. The molecule has 76 valence electrons. The Morgan fingerprint density at radius 1 is 1.43 bits per heavy atom. The van der Waals surface area contributed by atoms with E-state index in [9.17, 15) is 8.42 Å². The van der Waals surface area contributed by atoms with E-state index < -0.39 is 9.84 Å². The van der Waals surface area contributed by atoms with Gasteiger partial charge in [0, 0.05) is 5.69 Å². The lowest BCUT2D eigenvalue weighted by Crippen LogP contribution is -2.46. The maximum absolute atomic E-state index is 10.9. The van der Waals surface area contributed by atoms with Crippen LogP contribution in [0.25, 0.3) is 0 Å². The van der Waals surface area contributed by atoms with E-state index in [1.54, 1.807) is 6.20 Å². The van der Waals surface area contributed by atoms with Crippen molar-refractivity contribution >= 4 is 15.5 Å². The number of aromatic nitrogens is 1. The SMILES string of the molecule is Cc1ccc(NC2CS(=O)(=O)C2)cn1. The summed E-state index contributed by atoms with van der Waals surface area (Å²) in [7, 11) is -2.74. The molecule has 2 heterocycles. The average Bonchev–Trinajstić information content (AvgIpc) is 2.06. The van der Waals surface area contributed by atoms with E-state index >= 15 is 0 Å². The molecule has 0 aromatic carbocycles. The van der Waals surface area contributed by atoms with Gasteiger partial charge < -0.3 is 5.32 Å². The number of hydrogen-bond acceptors (Lipinski definition) is 4. The van der Waals surface area contributed by atoms with E-state index in [-0.39, 0.29) is 17.5 Å². The van der Waals surface area contributed by atoms with Crippen molar-refractivity contribution in [1.29, 1.82) is 0 Å². The molecule has 5 heteroatoms. The van der Waals surface area contributed by atoms with E-state index in [1.165, 1.54) is 0 Å². The highest BCUT2D eigenvalue weighted by atomic mass is 32.2. The minimum absolute atomic E-state index is 0.0597. The second kappa shape index (κ2) is 3.24. The first-order valence-corrected chi connectivity index (χ1v) is 6.27. The Bertz CT molecular complexity index is 413. The molecule has 1 fully saturated rings. The van der Waals surface area contributed by atoms with Gasteiger partial charge in [0.15, 0.2) is 9.84 Å². The Morgan fingerprint density at radius 2 is 2.14 bits per heavy atom. The minimum atomic E-state index is -2.74. The van der Waals surface area contributed by atoms with Gasteiger partial charge in [-0.25, -0.2) is 8.42 Å². The molecular formula is C9H12N2O2S. The summed E-state index contributed by atoms with van der Waals surface area (Å²) in [4.78, 5) is 4.11. The molecule has 0 unspecified atom stereocenters. The van der Waals surface area contributed by atoms with E-state index in [0.29, 0.717) is 0 Å². The van der Waals surface area contributed by atoms with E-state index in [4.69, 9.17) is 0 Å². The van der Waals surface area contributed by atoms with Crippen LogP contribution < -0.4 is 5.32 Å². The summed E-state index contributed by atoms with van der Waals surface area (Å²) >= 11 is 0. The Kier molecular flexibility index (Phi) is 2.19. The predicted molar refractivity (Wildman–Crippen MR) is 55.0 cm³/mol. The van der Waals surface area contributed by atoms with Crippen LogP contribution in [0.4, 0.5) is 5.69 Å². The van der Waals surface area contributed by atoms with Crippen LogP contribution in [0.2, 0.25) is 0 Å². The fourth-order valence-electron chi connectivity index (χ4n) is 1.44. The first-order chi connectivity index (χ1) is 6.55. The molecule has 0 amide bonds. The van der Waals surface area contributed by atoms with Gasteiger partial charge in [-0.15, -0.1) is 0 Å². The molecule has 1 aromatic rings. The van der Waals surface area contributed by atoms with Gasteiger partial charge in [0.2, 0.25) is 0 Å². The van der Waals surface area contributed by atoms with Gasteiger partial charge in [0.1, 0.15) is 0 Å². The zero-order valence-corrected chi connectivity index (χ0v) is 8.71. The van der Waals surface area contributed by atoms with Crippen molar-refractivity contribution in [2.45, 2.75) is 13.0 Å². The van der Waals surface area contributed by atoms with Crippen LogP contribution in [0, 0.1) is 6.92 Å². The number of hydrogen-bond donors (Lipinski definition) is 1. The molecule has 1 aliphatic rings. The molecule has 0 radical (unpaired) electrons. The molecular weight excluding hydrogens is 200 g/mol. The van der Waals surface area contributed by atoms with Gasteiger partial charge in [-0.3, -0.25) is 4.98 Å². The van der Waals surface area contributed by atoms with Crippen LogP contribution in [0.1, 0.15) is 5.69 Å². The van der Waals surface area contributed by atoms with Crippen LogP contribution >= 0.6 is 0 Å². The standard InChI is InChI=1S/C9H12N2O2S/c1-7-2-3-8(4-10-7)11-9-5-14(12,13)6-9/h2-4,9,11H,5-6H2,1H3. The number of nitrogens with zero attached hydrogens (tertiary/aromatic N) is 1. The molecule has 1 N–H and O–H groups in total. The Labute approximate surface area is 83.3 Å². The van der Waals surface area contributed by atoms with Gasteiger partial charge in [-0.1, -0.05) is 0 Å². The van der Waals surface area contributed by atoms with Crippen LogP contribution in [0.5, 0.6) is 0 Å². The smallest absolute Gasteiger partial charge is 0.154 e. The van der Waals surface area contributed by atoms with Gasteiger partial charge in [0.25, 0.3) is 0 Å². The van der Waals surface area contributed by atoms with Crippen molar-refractivity contribution in [3.05, 3.63) is 24.0 Å². The third-order valence-corrected chi connectivity index (χ3v) is 4.01. The van der Waals surface area contributed by atoms with E-state index in [1.807, 2.05) is 19.1 Å². The molecule has 0 aliphatic carbocycles. The molecule has 2 rings (SSSR count). The van der Waals surface area contributed by atoms with Crippen LogP contribution in [0.15, 0.2) is 18.3 Å². The first-order valence-electron chi connectivity index (χ1n) is 4.45. The average molecular weight is 212 g/mol. The van der Waals surface area contributed by atoms with Crippen molar-refractivity contribution in [2.75, 3.05) is 16.8 Å². The number of pyridine rings is 1. The number of rotatable bonds is 2. The summed E-state index contributed by atoms with van der Waals surface area (Å²) in [6.45, 7) is 1.91. The molecule has 1 aromatic heterocycles. The molecule has 0 spiro atoms. The maximum Gasteiger partial charge on any atom is 0.154 e. The molecule has 0 bridgehead atoms. The number of aryl methyl sites for hydroxylation is 1. The fraction of sp³-hybridized carbons (Fsp3) is 0.444. The number of anilines is 1. The van der Waals surface area contributed by atoms with Gasteiger partial charge in [-0.05, 0) is 19.1 Å². The summed E-state index contributed by atoms with van der Waals surface area (Å²) in [5, 5.41) is 3.12. The van der Waals surface area contributed by atoms with Crippen molar-refractivity contribution in [3.63, 3.8) is 0 Å². The lowest BCUT2D eigenvalue weighted by molar-refractivity contribution is 0.570. The third-order valence-electron chi connectivity index (χ3n) is 2.19. The van der Waals surface area contributed by atoms with Crippen LogP contribution in [0.3, 0.4) is 0 Å². The molecule has 14 heavy (non-hydrogen) atoms. The molecule has 1 aliphatic heterocycles. The van der Waals surface area contributed by atoms with Crippen LogP contribution in [-0.4, -0.2) is 30.9 Å². The Balaban J connectivity index is 1.97. The predicted octanol–water partition coefficient (Wildman–Crippen LogP) is 0.599. The summed E-state index contributed by atoms with van der Waals surface area (Å²) in [6.07, 6.45) is 1.72. The van der Waals surface area contributed by atoms with Crippen molar-refractivity contribution in [1.82, 2.24) is 4.98 Å². The second-order valence-electron chi connectivity index (χ2n) is 3.61. The molecule has 1 saturated heterocycles. The minimum Gasteiger partial charge on any atom is -0.379 e. The summed E-state index contributed by atoms with van der Waals surface area (Å²) in [5.41, 5.74) is 1.84. The highest BCUT2D eigenvalue weighted by Crippen LogP contribution is 2.16. The Morgan fingerprint density at radius 3 is 2.64 bits per heavy atom. The highest BCUT2D eigenvalue weighted by molar-refractivity contribution is 7.92. The molecule has 0 saturated carbocycles. The van der Waals surface area contributed by atoms with Crippen molar-refractivity contribution in [3.8, 4) is 0 Å². The lowest BCUT2D eigenvalue weighted by atomic mass is 10.3. The topological polar surface area (TPSA) is 59.1 Å². The normalized spacial score (nSPS) is 20.1. The summed E-state index contributed by atoms with van der Waals surface area (Å²) in [6, 6.07) is 3.87. The van der Waals surface area contributed by atoms with Gasteiger partial charge in [0.05, 0.1) is 29.4 Å². The zero-order valence-electron chi connectivity index (χ0n) is 7.90. The maximum atomic E-state index is 10.9. The van der Waals surface area contributed by atoms with Crippen molar-refractivity contribution in [2.24, 2.45) is 0 Å². The van der Waals surface area contributed by atoms with Gasteiger partial charge in [-0.2, -0.15) is 0 Å². The Hall–Kier alpha value is -1.10. The highest BCUT2D eigenvalue weighted by Gasteiger charge is 2.32. The first kappa shape index (κ1) is 9.45. The second-order valence-corrected chi connectivity index (χ2v) is 5.76. The monoisotopic (exact) mass is 212 g/mol. The summed E-state index contributed by atoms with van der Waals surface area (Å²) in [5.74, 6) is 0.474. The van der Waals surface area contributed by atoms with E-state index in [2.05, 4.69) is 10.3 Å². The molecule has 0 atom stereocenters. The fourth-order valence-corrected chi connectivity index (χ4v) is 2.73. The zero-order chi connectivity index (χ0) is 10.2. The number of sulfone groups is 1. The summed E-state index contributed by atoms with van der Waals surface area (Å²) < 4.78 is 21.8. The van der Waals surface area contributed by atoms with E-state index in [0.717, 1.165) is 11.4 Å². The van der Waals surface area contributed by atoms with Crippen molar-refractivity contribution < 1.29 is 8.42 Å². The third kappa shape index (κ3) is 2.04. The van der Waals surface area contributed by atoms with Gasteiger partial charge >= 0.3 is 0 Å². The lowest BCUT2D eigenvalue weighted by Gasteiger charge is -2.27. The number of nitrogens with one attached hydrogen (secondary N) is 1. The molecule has 4 nitrogen and oxygen atoms in total. The quantitative estimate of drug-likeness (QED) is 0.780.